The van der Waals surface area contributed by atoms with Crippen LogP contribution >= 0.6 is 0 Å². The highest BCUT2D eigenvalue weighted by molar-refractivity contribution is 5.99. The minimum Gasteiger partial charge on any atom is -0.396 e. The van der Waals surface area contributed by atoms with Crippen LogP contribution in [0.5, 0.6) is 0 Å². The molecule has 0 aromatic heterocycles. The summed E-state index contributed by atoms with van der Waals surface area (Å²) in [5.74, 6) is -10.5. The van der Waals surface area contributed by atoms with Crippen LogP contribution in [-0.2, 0) is 52.7 Å². The molecule has 0 bridgehead atoms. The van der Waals surface area contributed by atoms with Crippen molar-refractivity contribution in [2.24, 2.45) is 41.4 Å². The average Bonchev–Trinajstić information content (AvgIpc) is 3.51. The monoisotopic (exact) mass is 1180 g/mol. The number of nitrogens with zero attached hydrogens (tertiary/aromatic N) is 7. The first-order valence-electron chi connectivity index (χ1n) is 29.6. The van der Waals surface area contributed by atoms with Gasteiger partial charge in [0.1, 0.15) is 60.4 Å². The lowest BCUT2D eigenvalue weighted by atomic mass is 9.93. The Morgan fingerprint density at radius 2 is 0.831 bits per heavy atom. The van der Waals surface area contributed by atoms with E-state index in [9.17, 15) is 58.2 Å². The molecule has 83 heavy (non-hydrogen) atoms. The number of rotatable bonds is 14. The van der Waals surface area contributed by atoms with Gasteiger partial charge in [-0.3, -0.25) is 52.7 Å². The summed E-state index contributed by atoms with van der Waals surface area (Å²) >= 11 is 0. The Bertz CT molecular complexity index is 2240. The Morgan fingerprint density at radius 3 is 1.27 bits per heavy atom. The van der Waals surface area contributed by atoms with Gasteiger partial charge >= 0.3 is 0 Å². The normalized spacial score (nSPS) is 27.2. The Morgan fingerprint density at radius 1 is 0.434 bits per heavy atom. The molecule has 1 heterocycles. The van der Waals surface area contributed by atoms with Gasteiger partial charge < -0.3 is 65.8 Å². The maximum atomic E-state index is 15.0. The molecule has 0 aromatic rings. The summed E-state index contributed by atoms with van der Waals surface area (Å²) in [7, 11) is 9.69. The van der Waals surface area contributed by atoms with Gasteiger partial charge in [0.25, 0.3) is 0 Å². The Labute approximate surface area is 495 Å². The smallest absolute Gasteiger partial charge is 0.246 e. The molecule has 1 aliphatic heterocycles. The molecule has 24 heteroatoms. The van der Waals surface area contributed by atoms with Crippen molar-refractivity contribution in [3.8, 4) is 0 Å². The second-order valence-corrected chi connectivity index (χ2v) is 25.5. The van der Waals surface area contributed by atoms with Crippen LogP contribution in [0.15, 0.2) is 0 Å². The van der Waals surface area contributed by atoms with Crippen molar-refractivity contribution >= 4 is 65.0 Å². The van der Waals surface area contributed by atoms with Crippen molar-refractivity contribution in [1.29, 1.82) is 0 Å². The largest absolute Gasteiger partial charge is 0.396 e. The van der Waals surface area contributed by atoms with Crippen molar-refractivity contribution < 1.29 is 63.0 Å². The minimum atomic E-state index is -1.74. The topological polar surface area (TPSA) is 299 Å². The third-order valence-electron chi connectivity index (χ3n) is 15.6. The quantitative estimate of drug-likeness (QED) is 0.143. The van der Waals surface area contributed by atoms with Gasteiger partial charge in [0.05, 0.1) is 12.6 Å². The highest BCUT2D eigenvalue weighted by Gasteiger charge is 2.45. The lowest BCUT2D eigenvalue weighted by Crippen LogP contribution is -2.63. The third-order valence-corrected chi connectivity index (χ3v) is 15.6. The molecule has 0 unspecified atom stereocenters. The SMILES string of the molecule is CC[C@@H]1NC(=O)[C@H]([C@H](O)[C@H](C)CO)N(C)C(=O)[C@H](C(C)C)N(C)C(=O)[C@H](CC(C)C)N(C)C(=O)[C@H](CC(C)C)N(C)C(=O)[C@@H](C)NC(=O)[C@H](C)NC(=O)[C@H](CC(C)C)N(C)C(=O)[C@H](C(C)C)NC(=O)[C@H](CC(C)C)N(C)C(=O)CN(C)C1=O. The van der Waals surface area contributed by atoms with Crippen molar-refractivity contribution in [1.82, 2.24) is 55.6 Å². The van der Waals surface area contributed by atoms with Crippen molar-refractivity contribution in [2.75, 3.05) is 62.5 Å². The summed E-state index contributed by atoms with van der Waals surface area (Å²) in [5, 5.41) is 32.8. The van der Waals surface area contributed by atoms with E-state index in [0.717, 1.165) is 9.80 Å². The second kappa shape index (κ2) is 33.5. The van der Waals surface area contributed by atoms with Crippen LogP contribution in [0, 0.1) is 41.4 Å². The zero-order chi connectivity index (χ0) is 64.6. The van der Waals surface area contributed by atoms with Crippen molar-refractivity contribution in [3.05, 3.63) is 0 Å². The van der Waals surface area contributed by atoms with Gasteiger partial charge in [-0.1, -0.05) is 96.9 Å². The van der Waals surface area contributed by atoms with Gasteiger partial charge in [0, 0.05) is 61.9 Å². The molecule has 1 fully saturated rings. The zero-order valence-corrected chi connectivity index (χ0v) is 54.4. The standard InChI is InChI=1S/C59H107N11O13/c1-24-40-55(79)64(17)29-45(72)65(18)41(25-31(2)3)52(76)63-46(35(10)11)58(82)66(19)42(26-32(4)5)51(75)60-38(15)50(74)61-39(16)54(78)67(20)43(27-33(6)7)56(80)68(21)44(28-34(8)9)57(81)69(22)47(36(12)13)59(83)70(23)48(53(77)62-40)49(73)37(14)30-71/h31-44,46-49,71,73H,24-30H2,1-23H3,(H,60,75)(H,61,74)(H,62,77)(H,63,76)/t37-,38+,39-,40+,41+,42+,43+,44+,46+,47+,48+,49-/m1/s1. The number of aliphatic hydroxyl groups is 2. The average molecular weight is 1180 g/mol. The molecule has 476 valence electrons. The number of likely N-dealkylation sites (N-methyl/N-ethyl adjacent to an activating group) is 7. The third kappa shape index (κ3) is 20.7. The maximum Gasteiger partial charge on any atom is 0.246 e. The van der Waals surface area contributed by atoms with Gasteiger partial charge in [0.15, 0.2) is 0 Å². The summed E-state index contributed by atoms with van der Waals surface area (Å²) in [6.07, 6.45) is -1.16. The molecule has 11 amide bonds. The molecule has 6 N–H and O–H groups in total. The van der Waals surface area contributed by atoms with E-state index < -0.39 is 162 Å². The van der Waals surface area contributed by atoms with Gasteiger partial charge in [-0.2, -0.15) is 0 Å². The summed E-state index contributed by atoms with van der Waals surface area (Å²) in [6, 6.07) is -12.6. The lowest BCUT2D eigenvalue weighted by molar-refractivity contribution is -0.157. The highest BCUT2D eigenvalue weighted by Crippen LogP contribution is 2.25. The molecule has 0 aromatic carbocycles. The first-order valence-corrected chi connectivity index (χ1v) is 29.6. The minimum absolute atomic E-state index is 0.0174. The van der Waals surface area contributed by atoms with E-state index >= 15 is 4.79 Å². The lowest BCUT2D eigenvalue weighted by Gasteiger charge is -2.41. The van der Waals surface area contributed by atoms with E-state index in [4.69, 9.17) is 0 Å². The second-order valence-electron chi connectivity index (χ2n) is 25.5. The Hall–Kier alpha value is -5.91. The van der Waals surface area contributed by atoms with E-state index in [-0.39, 0.29) is 55.8 Å². The summed E-state index contributed by atoms with van der Waals surface area (Å²) in [4.78, 5) is 167. The number of carbonyl (C=O) groups is 11. The van der Waals surface area contributed by atoms with E-state index in [1.165, 1.54) is 94.6 Å². The van der Waals surface area contributed by atoms with Crippen LogP contribution in [0.2, 0.25) is 0 Å². The predicted octanol–water partition coefficient (Wildman–Crippen LogP) is 1.30. The van der Waals surface area contributed by atoms with Crippen LogP contribution in [0.4, 0.5) is 0 Å². The van der Waals surface area contributed by atoms with Crippen LogP contribution in [0.3, 0.4) is 0 Å². The van der Waals surface area contributed by atoms with Gasteiger partial charge in [0.2, 0.25) is 65.0 Å². The van der Waals surface area contributed by atoms with Crippen LogP contribution in [0.1, 0.15) is 143 Å². The molecule has 0 aliphatic carbocycles. The van der Waals surface area contributed by atoms with Crippen LogP contribution < -0.4 is 21.3 Å². The van der Waals surface area contributed by atoms with E-state index in [1.807, 2.05) is 55.4 Å². The maximum absolute atomic E-state index is 15.0. The fourth-order valence-electron chi connectivity index (χ4n) is 10.3. The Balaban J connectivity index is 4.28. The number of nitrogens with one attached hydrogen (secondary N) is 4. The number of hydrogen-bond acceptors (Lipinski definition) is 13. The molecule has 0 saturated carbocycles. The van der Waals surface area contributed by atoms with E-state index in [1.54, 1.807) is 34.6 Å². The van der Waals surface area contributed by atoms with Gasteiger partial charge in [-0.05, 0) is 81.5 Å². The fraction of sp³-hybridized carbons (Fsp3) is 0.814. The van der Waals surface area contributed by atoms with Crippen LogP contribution in [-0.4, -0.2) is 238 Å². The fourth-order valence-corrected chi connectivity index (χ4v) is 10.3. The predicted molar refractivity (Wildman–Crippen MR) is 316 cm³/mol. The molecule has 24 nitrogen and oxygen atoms in total. The molecule has 0 spiro atoms. The number of carbonyl (C=O) groups excluding carboxylic acids is 11. The molecule has 1 aliphatic rings. The number of aliphatic hydroxyl groups excluding tert-OH is 2. The summed E-state index contributed by atoms with van der Waals surface area (Å²) in [5.41, 5.74) is 0. The van der Waals surface area contributed by atoms with Crippen molar-refractivity contribution in [3.63, 3.8) is 0 Å². The molecule has 0 radical (unpaired) electrons. The van der Waals surface area contributed by atoms with Gasteiger partial charge in [-0.15, -0.1) is 0 Å². The van der Waals surface area contributed by atoms with E-state index in [2.05, 4.69) is 21.3 Å². The summed E-state index contributed by atoms with van der Waals surface area (Å²) in [6.45, 7) is 26.4. The van der Waals surface area contributed by atoms with E-state index in [0.29, 0.717) is 0 Å². The molecule has 1 saturated heterocycles. The molecule has 12 atom stereocenters. The molecule has 1 rings (SSSR count). The molecular formula is C59H107N11O13. The van der Waals surface area contributed by atoms with Crippen LogP contribution in [0.25, 0.3) is 0 Å². The highest BCUT2D eigenvalue weighted by atomic mass is 16.3. The first-order chi connectivity index (χ1) is 38.2. The summed E-state index contributed by atoms with van der Waals surface area (Å²) < 4.78 is 0. The Kier molecular flexibility index (Phi) is 30.4. The zero-order valence-electron chi connectivity index (χ0n) is 54.4. The number of hydrogen-bond donors (Lipinski definition) is 6. The van der Waals surface area contributed by atoms with Gasteiger partial charge in [-0.25, -0.2) is 0 Å². The number of amides is 11. The first kappa shape index (κ1) is 75.1. The van der Waals surface area contributed by atoms with Crippen molar-refractivity contribution in [2.45, 2.75) is 209 Å². The molecular weight excluding hydrogens is 1070 g/mol.